The molecule has 0 aliphatic carbocycles. The molecular weight excluding hydrogens is 258 g/mol. The van der Waals surface area contributed by atoms with Crippen molar-refractivity contribution in [3.63, 3.8) is 0 Å². The number of methoxy groups -OCH3 is 1. The molecule has 0 saturated carbocycles. The summed E-state index contributed by atoms with van der Waals surface area (Å²) in [4.78, 5) is 15.5. The number of ether oxygens (including phenoxy) is 2. The van der Waals surface area contributed by atoms with Gasteiger partial charge in [-0.05, 0) is 49.7 Å². The monoisotopic (exact) mass is 273 g/mol. The zero-order chi connectivity index (χ0) is 14.7. The number of carboxylic acids is 1. The van der Waals surface area contributed by atoms with Crippen LogP contribution in [-0.2, 0) is 0 Å². The molecule has 0 radical (unpaired) electrons. The first-order valence-electron chi connectivity index (χ1n) is 6.04. The van der Waals surface area contributed by atoms with E-state index in [2.05, 4.69) is 4.98 Å². The number of nitrogens with zero attached hydrogens (tertiary/aromatic N) is 1. The third kappa shape index (κ3) is 2.88. The van der Waals surface area contributed by atoms with Crippen LogP contribution in [0.4, 0.5) is 0 Å². The van der Waals surface area contributed by atoms with Gasteiger partial charge in [-0.25, -0.2) is 9.78 Å². The Labute approximate surface area is 116 Å². The lowest BCUT2D eigenvalue weighted by Gasteiger charge is -2.11. The second-order valence-corrected chi connectivity index (χ2v) is 4.34. The zero-order valence-corrected chi connectivity index (χ0v) is 11.5. The number of benzene rings is 1. The number of aryl methyl sites for hydroxylation is 2. The van der Waals surface area contributed by atoms with E-state index in [0.717, 1.165) is 0 Å². The van der Waals surface area contributed by atoms with Gasteiger partial charge in [-0.15, -0.1) is 0 Å². The molecule has 0 saturated heterocycles. The van der Waals surface area contributed by atoms with E-state index in [4.69, 9.17) is 9.47 Å². The Morgan fingerprint density at radius 3 is 2.30 bits per heavy atom. The molecule has 0 bridgehead atoms. The minimum Gasteiger partial charge on any atom is -0.497 e. The van der Waals surface area contributed by atoms with Crippen LogP contribution in [0.5, 0.6) is 17.4 Å². The van der Waals surface area contributed by atoms with E-state index in [1.807, 2.05) is 0 Å². The van der Waals surface area contributed by atoms with Crippen molar-refractivity contribution in [2.45, 2.75) is 13.8 Å². The number of hydrogen-bond donors (Lipinski definition) is 1. The van der Waals surface area contributed by atoms with Gasteiger partial charge in [0.2, 0.25) is 5.88 Å². The summed E-state index contributed by atoms with van der Waals surface area (Å²) >= 11 is 0. The number of carbonyl (C=O) groups is 1. The van der Waals surface area contributed by atoms with Crippen LogP contribution in [0.1, 0.15) is 21.6 Å². The van der Waals surface area contributed by atoms with Gasteiger partial charge in [0.25, 0.3) is 0 Å². The number of pyridine rings is 1. The third-order valence-electron chi connectivity index (χ3n) is 2.80. The fourth-order valence-electron chi connectivity index (χ4n) is 1.89. The second kappa shape index (κ2) is 5.61. The number of carboxylic acid groups (broad SMARTS) is 1. The molecule has 0 amide bonds. The molecule has 2 aromatic rings. The minimum atomic E-state index is -1.06. The maximum Gasteiger partial charge on any atom is 0.341 e. The first-order valence-corrected chi connectivity index (χ1v) is 6.04. The van der Waals surface area contributed by atoms with Crippen molar-refractivity contribution >= 4 is 5.97 Å². The molecule has 0 aliphatic rings. The van der Waals surface area contributed by atoms with Gasteiger partial charge in [0.15, 0.2) is 0 Å². The molecule has 5 nitrogen and oxygen atoms in total. The van der Waals surface area contributed by atoms with Crippen molar-refractivity contribution in [1.82, 2.24) is 4.98 Å². The Morgan fingerprint density at radius 2 is 1.75 bits per heavy atom. The van der Waals surface area contributed by atoms with Gasteiger partial charge >= 0.3 is 5.97 Å². The zero-order valence-electron chi connectivity index (χ0n) is 11.5. The van der Waals surface area contributed by atoms with Gasteiger partial charge < -0.3 is 14.6 Å². The van der Waals surface area contributed by atoms with Crippen LogP contribution < -0.4 is 9.47 Å². The van der Waals surface area contributed by atoms with Crippen LogP contribution in [0.25, 0.3) is 0 Å². The first kappa shape index (κ1) is 13.9. The Hall–Kier alpha value is -2.56. The summed E-state index contributed by atoms with van der Waals surface area (Å²) in [6.07, 6.45) is 0. The third-order valence-corrected chi connectivity index (χ3v) is 2.80. The highest BCUT2D eigenvalue weighted by Crippen LogP contribution is 2.27. The van der Waals surface area contributed by atoms with E-state index in [1.54, 1.807) is 51.3 Å². The summed E-state index contributed by atoms with van der Waals surface area (Å²) in [6, 6.07) is 8.58. The maximum atomic E-state index is 11.3. The van der Waals surface area contributed by atoms with Crippen molar-refractivity contribution in [1.29, 1.82) is 0 Å². The van der Waals surface area contributed by atoms with Crippen molar-refractivity contribution in [2.24, 2.45) is 0 Å². The lowest BCUT2D eigenvalue weighted by atomic mass is 10.1. The van der Waals surface area contributed by atoms with Crippen molar-refractivity contribution in [3.05, 3.63) is 47.2 Å². The van der Waals surface area contributed by atoms with Crippen LogP contribution >= 0.6 is 0 Å². The molecule has 0 fully saturated rings. The molecule has 1 aromatic carbocycles. The minimum absolute atomic E-state index is 0.0754. The lowest BCUT2D eigenvalue weighted by Crippen LogP contribution is -2.06. The Morgan fingerprint density at radius 1 is 1.15 bits per heavy atom. The molecule has 2 rings (SSSR count). The molecule has 104 valence electrons. The van der Waals surface area contributed by atoms with Crippen LogP contribution in [0.3, 0.4) is 0 Å². The molecule has 0 atom stereocenters. The van der Waals surface area contributed by atoms with Gasteiger partial charge in [0.05, 0.1) is 7.11 Å². The Bertz CT molecular complexity index is 635. The number of hydrogen-bond acceptors (Lipinski definition) is 4. The van der Waals surface area contributed by atoms with Gasteiger partial charge in [-0.2, -0.15) is 0 Å². The standard InChI is InChI=1S/C15H15NO4/c1-9-8-10(2)16-14(13(9)15(17)18)20-12-6-4-11(19-3)5-7-12/h4-8H,1-3H3,(H,17,18). The van der Waals surface area contributed by atoms with Gasteiger partial charge in [0.1, 0.15) is 17.1 Å². The summed E-state index contributed by atoms with van der Waals surface area (Å²) in [5.41, 5.74) is 1.40. The molecule has 20 heavy (non-hydrogen) atoms. The van der Waals surface area contributed by atoms with E-state index in [0.29, 0.717) is 22.8 Å². The van der Waals surface area contributed by atoms with Crippen LogP contribution in [-0.4, -0.2) is 23.2 Å². The van der Waals surface area contributed by atoms with Crippen molar-refractivity contribution < 1.29 is 19.4 Å². The molecule has 1 aromatic heterocycles. The fourth-order valence-corrected chi connectivity index (χ4v) is 1.89. The highest BCUT2D eigenvalue weighted by atomic mass is 16.5. The lowest BCUT2D eigenvalue weighted by molar-refractivity contribution is 0.0692. The van der Waals surface area contributed by atoms with Crippen LogP contribution in [0.2, 0.25) is 0 Å². The Balaban J connectivity index is 2.39. The predicted octanol–water partition coefficient (Wildman–Crippen LogP) is 3.20. The topological polar surface area (TPSA) is 68.7 Å². The van der Waals surface area contributed by atoms with Crippen LogP contribution in [0, 0.1) is 13.8 Å². The quantitative estimate of drug-likeness (QED) is 0.926. The summed E-state index contributed by atoms with van der Waals surface area (Å²) in [5.74, 6) is 0.244. The highest BCUT2D eigenvalue weighted by molar-refractivity contribution is 5.92. The van der Waals surface area contributed by atoms with E-state index in [-0.39, 0.29) is 11.4 Å². The molecule has 0 unspecified atom stereocenters. The SMILES string of the molecule is COc1ccc(Oc2nc(C)cc(C)c2C(=O)O)cc1. The second-order valence-electron chi connectivity index (χ2n) is 4.34. The first-order chi connectivity index (χ1) is 9.51. The van der Waals surface area contributed by atoms with E-state index in [1.165, 1.54) is 0 Å². The Kier molecular flexibility index (Phi) is 3.89. The predicted molar refractivity (Wildman–Crippen MR) is 73.7 cm³/mol. The van der Waals surface area contributed by atoms with Gasteiger partial charge in [-0.1, -0.05) is 0 Å². The summed E-state index contributed by atoms with van der Waals surface area (Å²) in [6.45, 7) is 3.51. The number of aromatic nitrogens is 1. The largest absolute Gasteiger partial charge is 0.497 e. The maximum absolute atomic E-state index is 11.3. The van der Waals surface area contributed by atoms with Crippen LogP contribution in [0.15, 0.2) is 30.3 Å². The van der Waals surface area contributed by atoms with Crippen molar-refractivity contribution in [2.75, 3.05) is 7.11 Å². The summed E-state index contributed by atoms with van der Waals surface area (Å²) in [5, 5.41) is 9.26. The van der Waals surface area contributed by atoms with Crippen molar-refractivity contribution in [3.8, 4) is 17.4 Å². The highest BCUT2D eigenvalue weighted by Gasteiger charge is 2.17. The van der Waals surface area contributed by atoms with Gasteiger partial charge in [0, 0.05) is 5.69 Å². The number of aromatic carboxylic acids is 1. The summed E-state index contributed by atoms with van der Waals surface area (Å²) < 4.78 is 10.6. The van der Waals surface area contributed by atoms with E-state index >= 15 is 0 Å². The molecule has 5 heteroatoms. The molecule has 0 spiro atoms. The summed E-state index contributed by atoms with van der Waals surface area (Å²) in [7, 11) is 1.57. The number of rotatable bonds is 4. The van der Waals surface area contributed by atoms with E-state index in [9.17, 15) is 9.90 Å². The van der Waals surface area contributed by atoms with Gasteiger partial charge in [-0.3, -0.25) is 0 Å². The molecular formula is C15H15NO4. The molecule has 1 N–H and O–H groups in total. The molecule has 1 heterocycles. The molecule has 0 aliphatic heterocycles. The smallest absolute Gasteiger partial charge is 0.341 e. The fraction of sp³-hybridized carbons (Fsp3) is 0.200. The average molecular weight is 273 g/mol. The normalized spacial score (nSPS) is 10.2. The van der Waals surface area contributed by atoms with E-state index < -0.39 is 5.97 Å². The average Bonchev–Trinajstić information content (AvgIpc) is 2.38.